The second kappa shape index (κ2) is 4.92. The zero-order valence-corrected chi connectivity index (χ0v) is 11.8. The number of para-hydroxylation sites is 1. The fraction of sp³-hybridized carbons (Fsp3) is 0.143. The van der Waals surface area contributed by atoms with Crippen molar-refractivity contribution in [2.45, 2.75) is 12.5 Å². The molecule has 1 aliphatic rings. The van der Waals surface area contributed by atoms with Crippen LogP contribution in [0.1, 0.15) is 15.2 Å². The monoisotopic (exact) mass is 307 g/mol. The molecule has 1 N–H and O–H groups in total. The normalized spacial score (nSPS) is 17.1. The maximum Gasteiger partial charge on any atom is 0.327 e. The molecule has 1 aromatic heterocycles. The molecule has 0 fully saturated rings. The van der Waals surface area contributed by atoms with Crippen LogP contribution in [0.4, 0.5) is 5.69 Å². The number of amides is 1. The smallest absolute Gasteiger partial charge is 0.327 e. The fourth-order valence-corrected chi connectivity index (χ4v) is 3.46. The predicted octanol–water partition coefficient (Wildman–Crippen LogP) is 3.06. The Bertz CT molecular complexity index is 697. The van der Waals surface area contributed by atoms with Crippen LogP contribution in [0, 0.1) is 0 Å². The van der Waals surface area contributed by atoms with Gasteiger partial charge in [0.25, 0.3) is 5.91 Å². The fourth-order valence-electron chi connectivity index (χ4n) is 2.39. The molecule has 6 heteroatoms. The summed E-state index contributed by atoms with van der Waals surface area (Å²) in [6.07, 6.45) is 0.320. The summed E-state index contributed by atoms with van der Waals surface area (Å²) in [5.74, 6) is -1.37. The van der Waals surface area contributed by atoms with Crippen molar-refractivity contribution in [1.29, 1.82) is 0 Å². The summed E-state index contributed by atoms with van der Waals surface area (Å²) in [7, 11) is 0. The summed E-state index contributed by atoms with van der Waals surface area (Å²) in [6.45, 7) is 0. The first-order chi connectivity index (χ1) is 9.59. The number of benzene rings is 1. The summed E-state index contributed by atoms with van der Waals surface area (Å²) in [4.78, 5) is 25.7. The summed E-state index contributed by atoms with van der Waals surface area (Å²) >= 11 is 7.20. The molecular weight excluding hydrogens is 298 g/mol. The molecule has 0 radical (unpaired) electrons. The second-order valence-corrected chi connectivity index (χ2v) is 5.78. The van der Waals surface area contributed by atoms with E-state index < -0.39 is 12.0 Å². The van der Waals surface area contributed by atoms with Crippen LogP contribution >= 0.6 is 22.9 Å². The number of carboxylic acid groups (broad SMARTS) is 1. The van der Waals surface area contributed by atoms with E-state index in [1.54, 1.807) is 23.6 Å². The van der Waals surface area contributed by atoms with Crippen LogP contribution in [-0.2, 0) is 11.2 Å². The number of carboxylic acids is 1. The molecule has 3 rings (SSSR count). The Morgan fingerprint density at radius 1 is 1.30 bits per heavy atom. The highest BCUT2D eigenvalue weighted by molar-refractivity contribution is 7.12. The molecule has 1 aliphatic heterocycles. The lowest BCUT2D eigenvalue weighted by Gasteiger charge is -2.22. The van der Waals surface area contributed by atoms with E-state index in [0.717, 1.165) is 5.56 Å². The van der Waals surface area contributed by atoms with Crippen LogP contribution in [0.15, 0.2) is 35.7 Å². The van der Waals surface area contributed by atoms with Crippen molar-refractivity contribution in [3.63, 3.8) is 0 Å². The number of aliphatic carboxylic acids is 1. The van der Waals surface area contributed by atoms with Crippen LogP contribution in [0.25, 0.3) is 0 Å². The van der Waals surface area contributed by atoms with E-state index in [0.29, 0.717) is 22.0 Å². The van der Waals surface area contributed by atoms with Gasteiger partial charge in [-0.3, -0.25) is 9.69 Å². The number of hydrogen-bond acceptors (Lipinski definition) is 3. The maximum absolute atomic E-state index is 12.6. The van der Waals surface area contributed by atoms with Gasteiger partial charge in [0, 0.05) is 12.1 Å². The van der Waals surface area contributed by atoms with Crippen LogP contribution < -0.4 is 4.90 Å². The Morgan fingerprint density at radius 3 is 2.70 bits per heavy atom. The summed E-state index contributed by atoms with van der Waals surface area (Å²) in [6, 6.07) is 7.99. The van der Waals surface area contributed by atoms with E-state index in [1.807, 2.05) is 12.1 Å². The van der Waals surface area contributed by atoms with Crippen LogP contribution in [0.2, 0.25) is 5.02 Å². The van der Waals surface area contributed by atoms with Crippen LogP contribution in [0.3, 0.4) is 0 Å². The van der Waals surface area contributed by atoms with Crippen molar-refractivity contribution in [3.8, 4) is 0 Å². The molecule has 4 nitrogen and oxygen atoms in total. The van der Waals surface area contributed by atoms with Gasteiger partial charge in [-0.05, 0) is 23.1 Å². The maximum atomic E-state index is 12.6. The van der Waals surface area contributed by atoms with Crippen molar-refractivity contribution >= 4 is 40.5 Å². The van der Waals surface area contributed by atoms with Gasteiger partial charge >= 0.3 is 5.97 Å². The highest BCUT2D eigenvalue weighted by Gasteiger charge is 2.39. The van der Waals surface area contributed by atoms with Crippen molar-refractivity contribution in [3.05, 3.63) is 51.2 Å². The number of hydrogen-bond donors (Lipinski definition) is 1. The van der Waals surface area contributed by atoms with Gasteiger partial charge in [0.05, 0.1) is 5.02 Å². The lowest BCUT2D eigenvalue weighted by Crippen LogP contribution is -2.42. The highest BCUT2D eigenvalue weighted by atomic mass is 35.5. The van der Waals surface area contributed by atoms with E-state index in [2.05, 4.69) is 0 Å². The van der Waals surface area contributed by atoms with E-state index in [9.17, 15) is 14.7 Å². The van der Waals surface area contributed by atoms with Gasteiger partial charge in [-0.2, -0.15) is 0 Å². The van der Waals surface area contributed by atoms with Gasteiger partial charge < -0.3 is 5.11 Å². The molecule has 20 heavy (non-hydrogen) atoms. The zero-order chi connectivity index (χ0) is 14.3. The Hall–Kier alpha value is -1.85. The van der Waals surface area contributed by atoms with E-state index in [4.69, 9.17) is 11.6 Å². The Labute approximate surface area is 124 Å². The largest absolute Gasteiger partial charge is 0.480 e. The molecule has 2 heterocycles. The van der Waals surface area contributed by atoms with E-state index >= 15 is 0 Å². The molecule has 102 valence electrons. The average molecular weight is 308 g/mol. The number of rotatable bonds is 2. The van der Waals surface area contributed by atoms with Crippen molar-refractivity contribution < 1.29 is 14.7 Å². The van der Waals surface area contributed by atoms with Crippen molar-refractivity contribution in [1.82, 2.24) is 0 Å². The molecule has 0 spiro atoms. The highest BCUT2D eigenvalue weighted by Crippen LogP contribution is 2.35. The number of fused-ring (bicyclic) bond motifs is 1. The minimum atomic E-state index is -1.01. The third-order valence-corrected chi connectivity index (χ3v) is 4.62. The number of carbonyl (C=O) groups excluding carboxylic acids is 1. The molecule has 0 aliphatic carbocycles. The molecular formula is C14H10ClNO3S. The molecule has 1 amide bonds. The lowest BCUT2D eigenvalue weighted by molar-refractivity contribution is -0.138. The molecule has 1 unspecified atom stereocenters. The number of halogens is 1. The van der Waals surface area contributed by atoms with Crippen molar-refractivity contribution in [2.24, 2.45) is 0 Å². The van der Waals surface area contributed by atoms with Crippen LogP contribution in [0.5, 0.6) is 0 Å². The Morgan fingerprint density at radius 2 is 2.05 bits per heavy atom. The second-order valence-electron chi connectivity index (χ2n) is 4.46. The Kier molecular flexibility index (Phi) is 3.23. The molecule has 0 saturated carbocycles. The molecule has 0 saturated heterocycles. The third-order valence-electron chi connectivity index (χ3n) is 3.29. The zero-order valence-electron chi connectivity index (χ0n) is 10.2. The number of thiophene rings is 1. The lowest BCUT2D eigenvalue weighted by atomic mass is 10.1. The van der Waals surface area contributed by atoms with Gasteiger partial charge in [0.2, 0.25) is 0 Å². The third kappa shape index (κ3) is 1.99. The quantitative estimate of drug-likeness (QED) is 0.927. The topological polar surface area (TPSA) is 57.6 Å². The molecule has 2 aromatic rings. The van der Waals surface area contributed by atoms with E-state index in [-0.39, 0.29) is 5.91 Å². The molecule has 0 bridgehead atoms. The minimum Gasteiger partial charge on any atom is -0.480 e. The number of carbonyl (C=O) groups is 2. The summed E-state index contributed by atoms with van der Waals surface area (Å²) < 4.78 is 0. The Balaban J connectivity index is 2.07. The number of anilines is 1. The van der Waals surface area contributed by atoms with Crippen LogP contribution in [-0.4, -0.2) is 23.0 Å². The average Bonchev–Trinajstić information content (AvgIpc) is 3.01. The summed E-state index contributed by atoms with van der Waals surface area (Å²) in [5.41, 5.74) is 1.51. The van der Waals surface area contributed by atoms with Gasteiger partial charge in [-0.25, -0.2) is 4.79 Å². The van der Waals surface area contributed by atoms with Gasteiger partial charge in [-0.1, -0.05) is 29.8 Å². The number of nitrogens with zero attached hydrogens (tertiary/aromatic N) is 1. The SMILES string of the molecule is O=C(O)C1Cc2ccccc2N1C(=O)c1sccc1Cl. The molecule has 1 atom stereocenters. The van der Waals surface area contributed by atoms with Crippen molar-refractivity contribution in [2.75, 3.05) is 4.90 Å². The first-order valence-electron chi connectivity index (χ1n) is 5.97. The predicted molar refractivity (Wildman–Crippen MR) is 77.7 cm³/mol. The van der Waals surface area contributed by atoms with Gasteiger partial charge in [0.15, 0.2) is 0 Å². The standard InChI is InChI=1S/C14H10ClNO3S/c15-9-5-6-20-12(9)13(17)16-10-4-2-1-3-8(10)7-11(16)14(18)19/h1-6,11H,7H2,(H,18,19). The summed E-state index contributed by atoms with van der Waals surface area (Å²) in [5, 5.41) is 11.4. The minimum absolute atomic E-state index is 0.320. The van der Waals surface area contributed by atoms with Gasteiger partial charge in [-0.15, -0.1) is 11.3 Å². The van der Waals surface area contributed by atoms with Gasteiger partial charge in [0.1, 0.15) is 10.9 Å². The first kappa shape index (κ1) is 13.1. The molecule has 1 aromatic carbocycles. The first-order valence-corrected chi connectivity index (χ1v) is 7.22. The van der Waals surface area contributed by atoms with E-state index in [1.165, 1.54) is 16.2 Å².